The van der Waals surface area contributed by atoms with Crippen LogP contribution in [0, 0.1) is 12.8 Å². The van der Waals surface area contributed by atoms with Crippen molar-refractivity contribution in [1.29, 1.82) is 0 Å². The lowest BCUT2D eigenvalue weighted by Gasteiger charge is -2.31. The molecular weight excluding hydrogens is 340 g/mol. The molecule has 0 aromatic heterocycles. The Bertz CT molecular complexity index is 546. The van der Waals surface area contributed by atoms with Gasteiger partial charge in [-0.15, -0.1) is 0 Å². The zero-order chi connectivity index (χ0) is 14.8. The summed E-state index contributed by atoms with van der Waals surface area (Å²) in [7, 11) is -1.42. The fraction of sp³-hybridized carbons (Fsp3) is 0.571. The van der Waals surface area contributed by atoms with Crippen LogP contribution in [0.15, 0.2) is 27.6 Å². The van der Waals surface area contributed by atoms with Crippen molar-refractivity contribution in [2.24, 2.45) is 5.92 Å². The van der Waals surface area contributed by atoms with E-state index < -0.39 is 10.0 Å². The number of halogens is 1. The highest BCUT2D eigenvalue weighted by molar-refractivity contribution is 9.10. The van der Waals surface area contributed by atoms with Gasteiger partial charge in [0.05, 0.1) is 4.90 Å². The Kier molecular flexibility index (Phi) is 5.23. The Labute approximate surface area is 129 Å². The molecule has 1 aliphatic rings. The van der Waals surface area contributed by atoms with Crippen LogP contribution in [0.25, 0.3) is 0 Å². The average molecular weight is 361 g/mol. The van der Waals surface area contributed by atoms with Gasteiger partial charge in [-0.25, -0.2) is 8.42 Å². The minimum Gasteiger partial charge on any atom is -0.319 e. The molecule has 4 nitrogen and oxygen atoms in total. The van der Waals surface area contributed by atoms with E-state index in [0.29, 0.717) is 23.9 Å². The first-order valence-electron chi connectivity index (χ1n) is 6.85. The smallest absolute Gasteiger partial charge is 0.243 e. The van der Waals surface area contributed by atoms with Crippen molar-refractivity contribution in [3.63, 3.8) is 0 Å². The second kappa shape index (κ2) is 6.56. The standard InChI is InChI=1S/C14H21BrN2O2S/c1-11-7-13(15)9-14(8-11)20(18,19)17-5-3-12(4-6-17)10-16-2/h7-9,12,16H,3-6,10H2,1-2H3. The first kappa shape index (κ1) is 15.9. The average Bonchev–Trinajstić information content (AvgIpc) is 2.38. The summed E-state index contributed by atoms with van der Waals surface area (Å²) in [4.78, 5) is 0.386. The van der Waals surface area contributed by atoms with Gasteiger partial charge >= 0.3 is 0 Å². The Balaban J connectivity index is 2.15. The van der Waals surface area contributed by atoms with Gasteiger partial charge in [0.1, 0.15) is 0 Å². The van der Waals surface area contributed by atoms with Crippen LogP contribution in [0.4, 0.5) is 0 Å². The van der Waals surface area contributed by atoms with Gasteiger partial charge in [0.15, 0.2) is 0 Å². The van der Waals surface area contributed by atoms with E-state index >= 15 is 0 Å². The molecular formula is C14H21BrN2O2S. The summed E-state index contributed by atoms with van der Waals surface area (Å²) in [6, 6.07) is 5.33. The molecule has 0 saturated carbocycles. The van der Waals surface area contributed by atoms with E-state index in [1.165, 1.54) is 0 Å². The normalized spacial score (nSPS) is 18.4. The van der Waals surface area contributed by atoms with E-state index in [9.17, 15) is 8.42 Å². The van der Waals surface area contributed by atoms with Crippen LogP contribution < -0.4 is 5.32 Å². The van der Waals surface area contributed by atoms with Gasteiger partial charge in [0, 0.05) is 17.6 Å². The Morgan fingerprint density at radius 1 is 1.30 bits per heavy atom. The van der Waals surface area contributed by atoms with Crippen LogP contribution in [0.1, 0.15) is 18.4 Å². The lowest BCUT2D eigenvalue weighted by molar-refractivity contribution is 0.270. The molecule has 112 valence electrons. The van der Waals surface area contributed by atoms with Crippen molar-refractivity contribution >= 4 is 26.0 Å². The highest BCUT2D eigenvalue weighted by Gasteiger charge is 2.29. The van der Waals surface area contributed by atoms with Crippen molar-refractivity contribution in [3.8, 4) is 0 Å². The van der Waals surface area contributed by atoms with Crippen LogP contribution in [0.5, 0.6) is 0 Å². The topological polar surface area (TPSA) is 49.4 Å². The fourth-order valence-corrected chi connectivity index (χ4v) is 5.00. The number of benzene rings is 1. The fourth-order valence-electron chi connectivity index (χ4n) is 2.64. The predicted molar refractivity (Wildman–Crippen MR) is 84.3 cm³/mol. The van der Waals surface area contributed by atoms with Gasteiger partial charge in [-0.3, -0.25) is 0 Å². The summed E-state index contributed by atoms with van der Waals surface area (Å²) in [5, 5.41) is 3.16. The lowest BCUT2D eigenvalue weighted by Crippen LogP contribution is -2.40. The monoisotopic (exact) mass is 360 g/mol. The van der Waals surface area contributed by atoms with E-state index in [4.69, 9.17) is 0 Å². The van der Waals surface area contributed by atoms with Crippen molar-refractivity contribution in [1.82, 2.24) is 9.62 Å². The molecule has 20 heavy (non-hydrogen) atoms. The molecule has 0 spiro atoms. The molecule has 1 aromatic rings. The molecule has 6 heteroatoms. The Hall–Kier alpha value is -0.430. The van der Waals surface area contributed by atoms with Crippen molar-refractivity contribution in [3.05, 3.63) is 28.2 Å². The molecule has 1 heterocycles. The van der Waals surface area contributed by atoms with Crippen LogP contribution in [0.2, 0.25) is 0 Å². The number of nitrogens with zero attached hydrogens (tertiary/aromatic N) is 1. The summed E-state index contributed by atoms with van der Waals surface area (Å²) in [6.45, 7) is 4.09. The summed E-state index contributed by atoms with van der Waals surface area (Å²) in [6.07, 6.45) is 1.85. The minimum atomic E-state index is -3.36. The second-order valence-corrected chi connectivity index (χ2v) is 8.22. The van der Waals surface area contributed by atoms with Gasteiger partial charge < -0.3 is 5.32 Å². The molecule has 1 fully saturated rings. The molecule has 0 aliphatic carbocycles. The number of sulfonamides is 1. The molecule has 0 atom stereocenters. The largest absolute Gasteiger partial charge is 0.319 e. The van der Waals surface area contributed by atoms with Crippen LogP contribution in [0.3, 0.4) is 0 Å². The van der Waals surface area contributed by atoms with Gasteiger partial charge in [-0.1, -0.05) is 15.9 Å². The zero-order valence-corrected chi connectivity index (χ0v) is 14.3. The summed E-state index contributed by atoms with van der Waals surface area (Å²) in [5.74, 6) is 0.579. The predicted octanol–water partition coefficient (Wildman–Crippen LogP) is 2.38. The number of hydrogen-bond acceptors (Lipinski definition) is 3. The molecule has 0 bridgehead atoms. The molecule has 0 amide bonds. The van der Waals surface area contributed by atoms with Gasteiger partial charge in [-0.05, 0) is 63.0 Å². The highest BCUT2D eigenvalue weighted by Crippen LogP contribution is 2.26. The van der Waals surface area contributed by atoms with Gasteiger partial charge in [0.25, 0.3) is 0 Å². The Morgan fingerprint density at radius 3 is 2.50 bits per heavy atom. The quantitative estimate of drug-likeness (QED) is 0.896. The Morgan fingerprint density at radius 2 is 1.95 bits per heavy atom. The summed E-state index contributed by atoms with van der Waals surface area (Å²) >= 11 is 3.37. The SMILES string of the molecule is CNCC1CCN(S(=O)(=O)c2cc(C)cc(Br)c2)CC1. The van der Waals surface area contributed by atoms with Crippen LogP contribution in [-0.2, 0) is 10.0 Å². The van der Waals surface area contributed by atoms with Crippen LogP contribution >= 0.6 is 15.9 Å². The number of aryl methyl sites for hydroxylation is 1. The van der Waals surface area contributed by atoms with Gasteiger partial charge in [0.2, 0.25) is 10.0 Å². The third-order valence-electron chi connectivity index (χ3n) is 3.72. The molecule has 1 N–H and O–H groups in total. The maximum Gasteiger partial charge on any atom is 0.243 e. The third kappa shape index (κ3) is 3.61. The van der Waals surface area contributed by atoms with E-state index in [2.05, 4.69) is 21.2 Å². The number of rotatable bonds is 4. The van der Waals surface area contributed by atoms with Crippen molar-refractivity contribution in [2.45, 2.75) is 24.7 Å². The molecule has 1 saturated heterocycles. The zero-order valence-electron chi connectivity index (χ0n) is 11.9. The molecule has 1 aromatic carbocycles. The summed E-state index contributed by atoms with van der Waals surface area (Å²) in [5.41, 5.74) is 0.947. The maximum absolute atomic E-state index is 12.6. The highest BCUT2D eigenvalue weighted by atomic mass is 79.9. The number of nitrogens with one attached hydrogen (secondary N) is 1. The number of piperidine rings is 1. The van der Waals surface area contributed by atoms with E-state index in [0.717, 1.165) is 29.4 Å². The molecule has 0 radical (unpaired) electrons. The van der Waals surface area contributed by atoms with Crippen LogP contribution in [-0.4, -0.2) is 39.4 Å². The summed E-state index contributed by atoms with van der Waals surface area (Å²) < 4.78 is 27.7. The minimum absolute atomic E-state index is 0.386. The van der Waals surface area contributed by atoms with E-state index in [1.54, 1.807) is 16.4 Å². The molecule has 1 aliphatic heterocycles. The first-order valence-corrected chi connectivity index (χ1v) is 9.08. The third-order valence-corrected chi connectivity index (χ3v) is 6.05. The molecule has 0 unspecified atom stereocenters. The molecule has 2 rings (SSSR count). The second-order valence-electron chi connectivity index (χ2n) is 5.37. The maximum atomic E-state index is 12.6. The van der Waals surface area contributed by atoms with Gasteiger partial charge in [-0.2, -0.15) is 4.31 Å². The van der Waals surface area contributed by atoms with Crippen molar-refractivity contribution < 1.29 is 8.42 Å². The van der Waals surface area contributed by atoms with E-state index in [1.807, 2.05) is 20.0 Å². The lowest BCUT2D eigenvalue weighted by atomic mass is 9.98. The van der Waals surface area contributed by atoms with Crippen molar-refractivity contribution in [2.75, 3.05) is 26.7 Å². The first-order chi connectivity index (χ1) is 9.43. The van der Waals surface area contributed by atoms with E-state index in [-0.39, 0.29) is 0 Å². The number of hydrogen-bond donors (Lipinski definition) is 1.